The summed E-state index contributed by atoms with van der Waals surface area (Å²) < 4.78 is 92.8. The van der Waals surface area contributed by atoms with Crippen LogP contribution in [0, 0.1) is 0 Å². The number of tetrazole rings is 1. The Kier molecular flexibility index (Phi) is 12.1. The Balaban J connectivity index is 1.56. The van der Waals surface area contributed by atoms with E-state index >= 15 is 21.6 Å². The molecule has 1 amide bonds. The van der Waals surface area contributed by atoms with E-state index in [2.05, 4.69) is 20.7 Å². The lowest BCUT2D eigenvalue weighted by Crippen LogP contribution is -2.32. The standard InChI is InChI=1S/C40H37F3N6O7S/c1-54-31-14-6-27(7-15-31)23-48(24-28-8-16-32(55-2)17-9-28)57(52,53)37-35(40(41,42)43)21-20-34(30-12-4-26(5-13-30)22-44-39(50)51)36(37)38-45-47-49(46-38)25-29-10-18-33(56-3)19-11-29/h4-21,44H,22-25H2,1-3H3,(H,50,51). The molecule has 0 atom stereocenters. The van der Waals surface area contributed by atoms with Gasteiger partial charge >= 0.3 is 12.3 Å². The molecule has 0 aliphatic carbocycles. The van der Waals surface area contributed by atoms with Crippen molar-refractivity contribution >= 4 is 16.1 Å². The first-order valence-corrected chi connectivity index (χ1v) is 18.7. The molecule has 57 heavy (non-hydrogen) atoms. The van der Waals surface area contributed by atoms with Gasteiger partial charge in [0.2, 0.25) is 15.8 Å². The molecule has 0 saturated heterocycles. The van der Waals surface area contributed by atoms with Crippen molar-refractivity contribution in [2.24, 2.45) is 0 Å². The van der Waals surface area contributed by atoms with Crippen molar-refractivity contribution in [2.75, 3.05) is 21.3 Å². The molecule has 6 aromatic rings. The number of carbonyl (C=O) groups is 1. The molecule has 13 nitrogen and oxygen atoms in total. The highest BCUT2D eigenvalue weighted by atomic mass is 32.2. The van der Waals surface area contributed by atoms with Crippen molar-refractivity contribution in [2.45, 2.75) is 37.3 Å². The smallest absolute Gasteiger partial charge is 0.417 e. The van der Waals surface area contributed by atoms with E-state index in [1.165, 1.54) is 27.4 Å². The molecular weight excluding hydrogens is 766 g/mol. The summed E-state index contributed by atoms with van der Waals surface area (Å²) in [7, 11) is -0.616. The number of alkyl halides is 3. The van der Waals surface area contributed by atoms with Gasteiger partial charge in [0.15, 0.2) is 0 Å². The van der Waals surface area contributed by atoms with Gasteiger partial charge in [0.05, 0.1) is 39.0 Å². The molecule has 17 heteroatoms. The van der Waals surface area contributed by atoms with Crippen LogP contribution in [0.5, 0.6) is 17.2 Å². The zero-order chi connectivity index (χ0) is 40.7. The molecule has 1 heterocycles. The number of amides is 1. The summed E-state index contributed by atoms with van der Waals surface area (Å²) >= 11 is 0. The summed E-state index contributed by atoms with van der Waals surface area (Å²) in [6.07, 6.45) is -6.39. The largest absolute Gasteiger partial charge is 0.497 e. The molecule has 0 aliphatic heterocycles. The van der Waals surface area contributed by atoms with Gasteiger partial charge in [-0.1, -0.05) is 66.7 Å². The molecule has 0 fully saturated rings. The molecular formula is C40H37F3N6O7S. The van der Waals surface area contributed by atoms with Gasteiger partial charge in [-0.05, 0) is 81.1 Å². The summed E-state index contributed by atoms with van der Waals surface area (Å²) in [5.74, 6) is 1.25. The van der Waals surface area contributed by atoms with Gasteiger partial charge in [0.25, 0.3) is 0 Å². The molecule has 5 aromatic carbocycles. The number of nitrogens with zero attached hydrogens (tertiary/aromatic N) is 5. The van der Waals surface area contributed by atoms with Crippen molar-refractivity contribution in [1.29, 1.82) is 0 Å². The van der Waals surface area contributed by atoms with E-state index in [-0.39, 0.29) is 37.6 Å². The molecule has 0 bridgehead atoms. The Hall–Kier alpha value is -6.46. The van der Waals surface area contributed by atoms with Gasteiger partial charge in [0.1, 0.15) is 22.1 Å². The maximum absolute atomic E-state index is 15.2. The normalized spacial score (nSPS) is 11.7. The minimum atomic E-state index is -5.15. The Morgan fingerprint density at radius 3 is 1.70 bits per heavy atom. The van der Waals surface area contributed by atoms with Crippen LogP contribution in [-0.4, -0.2) is 65.5 Å². The zero-order valence-electron chi connectivity index (χ0n) is 30.9. The first kappa shape index (κ1) is 40.2. The van der Waals surface area contributed by atoms with Crippen LogP contribution in [0.15, 0.2) is 114 Å². The molecule has 0 spiro atoms. The van der Waals surface area contributed by atoms with Crippen molar-refractivity contribution in [3.05, 3.63) is 137 Å². The second-order valence-corrected chi connectivity index (χ2v) is 14.6. The molecule has 0 unspecified atom stereocenters. The van der Waals surface area contributed by atoms with Gasteiger partial charge in [-0.3, -0.25) is 0 Å². The average Bonchev–Trinajstić information content (AvgIpc) is 3.68. The number of halogens is 3. The second kappa shape index (κ2) is 17.1. The number of hydrogen-bond acceptors (Lipinski definition) is 9. The first-order chi connectivity index (χ1) is 27.3. The van der Waals surface area contributed by atoms with Gasteiger partial charge in [-0.15, -0.1) is 10.2 Å². The summed E-state index contributed by atoms with van der Waals surface area (Å²) in [6.45, 7) is -0.619. The van der Waals surface area contributed by atoms with Crippen LogP contribution in [0.25, 0.3) is 22.5 Å². The quantitative estimate of drug-likeness (QED) is 0.108. The van der Waals surface area contributed by atoms with E-state index in [9.17, 15) is 4.79 Å². The van der Waals surface area contributed by atoms with Crippen molar-refractivity contribution in [3.8, 4) is 39.8 Å². The SMILES string of the molecule is COc1ccc(CN(Cc2ccc(OC)cc2)S(=O)(=O)c2c(C(F)(F)F)ccc(-c3ccc(CNC(=O)O)cc3)c2-c2nnn(Cc3ccc(OC)cc3)n2)cc1. The third-order valence-electron chi connectivity index (χ3n) is 8.97. The third kappa shape index (κ3) is 9.50. The molecule has 2 N–H and O–H groups in total. The molecule has 0 saturated carbocycles. The number of ether oxygens (including phenoxy) is 3. The molecule has 1 aromatic heterocycles. The van der Waals surface area contributed by atoms with Gasteiger partial charge in [0, 0.05) is 19.6 Å². The van der Waals surface area contributed by atoms with Crippen LogP contribution in [0.4, 0.5) is 18.0 Å². The number of aromatic nitrogens is 4. The summed E-state index contributed by atoms with van der Waals surface area (Å²) in [4.78, 5) is 11.2. The minimum absolute atomic E-state index is 0.0396. The fraction of sp³-hybridized carbons (Fsp3) is 0.200. The van der Waals surface area contributed by atoms with Crippen LogP contribution < -0.4 is 19.5 Å². The fourth-order valence-electron chi connectivity index (χ4n) is 6.04. The van der Waals surface area contributed by atoms with E-state index in [4.69, 9.17) is 19.3 Å². The maximum Gasteiger partial charge on any atom is 0.417 e. The van der Waals surface area contributed by atoms with E-state index in [0.29, 0.717) is 45.1 Å². The fourth-order valence-corrected chi connectivity index (χ4v) is 7.86. The van der Waals surface area contributed by atoms with Crippen molar-refractivity contribution in [3.63, 3.8) is 0 Å². The van der Waals surface area contributed by atoms with Crippen LogP contribution in [-0.2, 0) is 42.4 Å². The average molecular weight is 803 g/mol. The van der Waals surface area contributed by atoms with E-state index in [0.717, 1.165) is 15.2 Å². The molecule has 296 valence electrons. The van der Waals surface area contributed by atoms with Crippen molar-refractivity contribution in [1.82, 2.24) is 29.8 Å². The topological polar surface area (TPSA) is 158 Å². The Morgan fingerprint density at radius 2 is 1.23 bits per heavy atom. The van der Waals surface area contributed by atoms with Crippen LogP contribution in [0.1, 0.15) is 27.8 Å². The maximum atomic E-state index is 15.2. The number of methoxy groups -OCH3 is 3. The monoisotopic (exact) mass is 802 g/mol. The summed E-state index contributed by atoms with van der Waals surface area (Å²) in [5, 5.41) is 24.0. The molecule has 6 rings (SSSR count). The number of carboxylic acid groups (broad SMARTS) is 1. The predicted octanol–water partition coefficient (Wildman–Crippen LogP) is 7.26. The zero-order valence-corrected chi connectivity index (χ0v) is 31.7. The highest BCUT2D eigenvalue weighted by Crippen LogP contribution is 2.45. The van der Waals surface area contributed by atoms with Gasteiger partial charge in [-0.2, -0.15) is 22.3 Å². The number of nitrogens with one attached hydrogen (secondary N) is 1. The lowest BCUT2D eigenvalue weighted by Gasteiger charge is -2.27. The number of rotatable bonds is 15. The first-order valence-electron chi connectivity index (χ1n) is 17.3. The molecule has 0 radical (unpaired) electrons. The summed E-state index contributed by atoms with van der Waals surface area (Å²) in [6, 6.07) is 28.1. The van der Waals surface area contributed by atoms with Gasteiger partial charge < -0.3 is 24.6 Å². The Labute approximate surface area is 326 Å². The molecule has 0 aliphatic rings. The van der Waals surface area contributed by atoms with Crippen molar-refractivity contribution < 1.29 is 45.7 Å². The number of hydrogen-bond donors (Lipinski definition) is 2. The number of sulfonamides is 1. The Bertz CT molecular complexity index is 2380. The van der Waals surface area contributed by atoms with Crippen LogP contribution in [0.2, 0.25) is 0 Å². The third-order valence-corrected chi connectivity index (χ3v) is 10.8. The minimum Gasteiger partial charge on any atom is -0.497 e. The highest BCUT2D eigenvalue weighted by molar-refractivity contribution is 7.89. The van der Waals surface area contributed by atoms with E-state index < -0.39 is 38.3 Å². The lowest BCUT2D eigenvalue weighted by atomic mass is 9.95. The lowest BCUT2D eigenvalue weighted by molar-refractivity contribution is -0.139. The van der Waals surface area contributed by atoms with Crippen LogP contribution >= 0.6 is 0 Å². The predicted molar refractivity (Wildman–Crippen MR) is 203 cm³/mol. The Morgan fingerprint density at radius 1 is 0.737 bits per heavy atom. The van der Waals surface area contributed by atoms with Crippen LogP contribution in [0.3, 0.4) is 0 Å². The van der Waals surface area contributed by atoms with Gasteiger partial charge in [-0.25, -0.2) is 13.2 Å². The number of benzene rings is 5. The van der Waals surface area contributed by atoms with E-state index in [1.54, 1.807) is 97.1 Å². The highest BCUT2D eigenvalue weighted by Gasteiger charge is 2.43. The van der Waals surface area contributed by atoms with E-state index in [1.807, 2.05) is 0 Å². The second-order valence-electron chi connectivity index (χ2n) is 12.7. The summed E-state index contributed by atoms with van der Waals surface area (Å²) in [5.41, 5.74) is 0.765.